The van der Waals surface area contributed by atoms with E-state index >= 15 is 0 Å². The topological polar surface area (TPSA) is 135 Å². The summed E-state index contributed by atoms with van der Waals surface area (Å²) in [4.78, 5) is 31.0. The molecule has 3 aliphatic heterocycles. The van der Waals surface area contributed by atoms with Crippen LogP contribution >= 0.6 is 11.6 Å². The molecule has 298 valence electrons. The van der Waals surface area contributed by atoms with Crippen LogP contribution in [-0.4, -0.2) is 74.9 Å². The minimum atomic E-state index is -4.24. The zero-order chi connectivity index (χ0) is 39.2. The first kappa shape index (κ1) is 39.8. The van der Waals surface area contributed by atoms with Gasteiger partial charge in [0.05, 0.1) is 16.7 Å². The molecule has 56 heavy (non-hydrogen) atoms. The number of sulfonamides is 1. The maximum absolute atomic E-state index is 13.8. The molecule has 3 saturated heterocycles. The highest BCUT2D eigenvalue weighted by Gasteiger charge is 2.29. The van der Waals surface area contributed by atoms with Gasteiger partial charge in [-0.3, -0.25) is 14.5 Å². The van der Waals surface area contributed by atoms with Crippen LogP contribution in [-0.2, 0) is 21.8 Å². The maximum Gasteiger partial charge on any atom is 0.270 e. The molecule has 3 aromatic carbocycles. The molecule has 1 unspecified atom stereocenters. The molecule has 12 nitrogen and oxygen atoms in total. The van der Waals surface area contributed by atoms with Crippen molar-refractivity contribution < 1.29 is 22.7 Å². The molecule has 4 aromatic rings. The second-order valence-electron chi connectivity index (χ2n) is 15.3. The third-order valence-electron chi connectivity index (χ3n) is 11.4. The summed E-state index contributed by atoms with van der Waals surface area (Å²) in [7, 11) is -2.71. The lowest BCUT2D eigenvalue weighted by Gasteiger charge is -2.41. The highest BCUT2D eigenvalue weighted by molar-refractivity contribution is 7.90. The number of hydrogen-bond acceptors (Lipinski definition) is 10. The lowest BCUT2D eigenvalue weighted by molar-refractivity contribution is 0.0699. The second kappa shape index (κ2) is 17.8. The fourth-order valence-corrected chi connectivity index (χ4v) is 9.21. The van der Waals surface area contributed by atoms with Gasteiger partial charge >= 0.3 is 0 Å². The Morgan fingerprint density at radius 2 is 1.70 bits per heavy atom. The summed E-state index contributed by atoms with van der Waals surface area (Å²) < 4.78 is 42.1. The van der Waals surface area contributed by atoms with Crippen molar-refractivity contribution in [1.82, 2.24) is 19.4 Å². The molecule has 0 radical (unpaired) electrons. The lowest BCUT2D eigenvalue weighted by atomic mass is 9.91. The summed E-state index contributed by atoms with van der Waals surface area (Å²) in [6.45, 7) is 7.87. The summed E-state index contributed by atoms with van der Waals surface area (Å²) in [5.41, 5.74) is 3.38. The molecule has 0 spiro atoms. The van der Waals surface area contributed by atoms with Gasteiger partial charge in [-0.1, -0.05) is 30.2 Å². The molecule has 7 rings (SSSR count). The first-order chi connectivity index (χ1) is 27.0. The van der Waals surface area contributed by atoms with E-state index in [1.165, 1.54) is 48.5 Å². The van der Waals surface area contributed by atoms with Gasteiger partial charge in [0.1, 0.15) is 5.75 Å². The molecule has 1 aromatic heterocycles. The second-order valence-corrected chi connectivity index (χ2v) is 17.4. The van der Waals surface area contributed by atoms with Gasteiger partial charge in [-0.2, -0.15) is 5.10 Å². The molecule has 0 bridgehead atoms. The first-order valence-electron chi connectivity index (χ1n) is 19.6. The van der Waals surface area contributed by atoms with E-state index in [-0.39, 0.29) is 27.5 Å². The molecule has 1 amide bonds. The number of rotatable bonds is 12. The highest BCUT2D eigenvalue weighted by atomic mass is 35.5. The molecule has 14 heteroatoms. The Kier molecular flexibility index (Phi) is 12.6. The summed E-state index contributed by atoms with van der Waals surface area (Å²) in [5.74, 6) is 0.442. The van der Waals surface area contributed by atoms with Crippen molar-refractivity contribution in [3.8, 4) is 11.5 Å². The predicted octanol–water partition coefficient (Wildman–Crippen LogP) is 6.94. The van der Waals surface area contributed by atoms with Crippen molar-refractivity contribution in [3.63, 3.8) is 0 Å². The van der Waals surface area contributed by atoms with Crippen LogP contribution in [0.3, 0.4) is 0 Å². The smallest absolute Gasteiger partial charge is 0.270 e. The van der Waals surface area contributed by atoms with Crippen LogP contribution in [0.4, 0.5) is 11.4 Å². The van der Waals surface area contributed by atoms with Crippen molar-refractivity contribution in [3.05, 3.63) is 105 Å². The normalized spacial score (nSPS) is 18.8. The van der Waals surface area contributed by atoms with E-state index in [0.717, 1.165) is 100 Å². The van der Waals surface area contributed by atoms with Gasteiger partial charge in [-0.15, -0.1) is 0 Å². The molecule has 3 aliphatic rings. The third-order valence-corrected chi connectivity index (χ3v) is 13.0. The molecule has 0 saturated carbocycles. The van der Waals surface area contributed by atoms with E-state index in [1.54, 1.807) is 24.3 Å². The van der Waals surface area contributed by atoms with Crippen LogP contribution in [0.1, 0.15) is 72.5 Å². The summed E-state index contributed by atoms with van der Waals surface area (Å²) in [5, 5.41) is 8.24. The Bertz CT molecular complexity index is 2170. The van der Waals surface area contributed by atoms with Crippen molar-refractivity contribution >= 4 is 38.9 Å². The van der Waals surface area contributed by atoms with E-state index in [0.29, 0.717) is 17.9 Å². The van der Waals surface area contributed by atoms with Gasteiger partial charge in [-0.25, -0.2) is 17.8 Å². The predicted molar refractivity (Wildman–Crippen MR) is 218 cm³/mol. The number of aromatic nitrogens is 2. The largest absolute Gasteiger partial charge is 0.455 e. The average molecular weight is 803 g/mol. The Hall–Kier alpha value is -4.43. The summed E-state index contributed by atoms with van der Waals surface area (Å²) in [6, 6.07) is 19.9. The lowest BCUT2D eigenvalue weighted by Crippen LogP contribution is -2.41. The number of nitrogens with one attached hydrogen (secondary N) is 2. The molecule has 3 fully saturated rings. The Morgan fingerprint density at radius 3 is 2.43 bits per heavy atom. The number of halogens is 1. The van der Waals surface area contributed by atoms with Gasteiger partial charge in [0, 0.05) is 81.0 Å². The molecule has 2 N–H and O–H groups in total. The number of carbonyl (C=O) groups is 1. The number of hydrogen-bond donors (Lipinski definition) is 2. The fourth-order valence-electron chi connectivity index (χ4n) is 8.04. The standard InChI is InChI=1S/C42H51ClN6O6S/c1-29-23-36(11-13-38(29)44-26-30-16-21-54-22-17-30)56(52,53)46-42(51)37-12-10-34(24-40(37)55-35-25-41(50)47(2)45-27-35)48-19-14-31(15-20-48)28-49-18-4-3-5-39(49)32-6-8-33(43)9-7-32/h6-13,23-25,27,30-31,39,44H,3-5,14-22,26,28H2,1-2H3,(H,46,51). The number of carbonyl (C=O) groups excluding carboxylic acids is 1. The van der Waals surface area contributed by atoms with E-state index < -0.39 is 15.9 Å². The molecular weight excluding hydrogens is 752 g/mol. The maximum atomic E-state index is 13.8. The number of piperidine rings is 2. The number of amides is 1. The molecular formula is C42H51ClN6O6S. The van der Waals surface area contributed by atoms with Crippen LogP contribution in [0.5, 0.6) is 11.5 Å². The average Bonchev–Trinajstić information content (AvgIpc) is 3.20. The monoisotopic (exact) mass is 802 g/mol. The van der Waals surface area contributed by atoms with Crippen LogP contribution < -0.4 is 25.2 Å². The van der Waals surface area contributed by atoms with Gasteiger partial charge in [0.2, 0.25) is 0 Å². The van der Waals surface area contributed by atoms with Crippen molar-refractivity contribution in [1.29, 1.82) is 0 Å². The number of nitrogens with zero attached hydrogens (tertiary/aromatic N) is 4. The van der Waals surface area contributed by atoms with Crippen molar-refractivity contribution in [2.75, 3.05) is 56.2 Å². The first-order valence-corrected chi connectivity index (χ1v) is 21.5. The number of anilines is 2. The van der Waals surface area contributed by atoms with Gasteiger partial charge < -0.3 is 19.7 Å². The molecule has 0 aliphatic carbocycles. The van der Waals surface area contributed by atoms with Gasteiger partial charge in [0.15, 0.2) is 5.75 Å². The van der Waals surface area contributed by atoms with Crippen LogP contribution in [0.15, 0.2) is 82.6 Å². The zero-order valence-electron chi connectivity index (χ0n) is 32.1. The summed E-state index contributed by atoms with van der Waals surface area (Å²) in [6.07, 6.45) is 8.94. The minimum absolute atomic E-state index is 0.0118. The van der Waals surface area contributed by atoms with E-state index in [4.69, 9.17) is 21.1 Å². The van der Waals surface area contributed by atoms with Crippen LogP contribution in [0.2, 0.25) is 5.02 Å². The number of ether oxygens (including phenoxy) is 2. The van der Waals surface area contributed by atoms with Crippen LogP contribution in [0.25, 0.3) is 0 Å². The number of benzene rings is 3. The van der Waals surface area contributed by atoms with E-state index in [9.17, 15) is 18.0 Å². The Morgan fingerprint density at radius 1 is 0.929 bits per heavy atom. The van der Waals surface area contributed by atoms with Crippen molar-refractivity contribution in [2.45, 2.75) is 62.8 Å². The number of likely N-dealkylation sites (tertiary alicyclic amines) is 1. The molecule has 1 atom stereocenters. The quantitative estimate of drug-likeness (QED) is 0.155. The SMILES string of the molecule is Cc1cc(S(=O)(=O)NC(=O)c2ccc(N3CCC(CN4CCCCC4c4ccc(Cl)cc4)CC3)cc2Oc2cnn(C)c(=O)c2)ccc1NCC1CCOCC1. The fraction of sp³-hybridized carbons (Fsp3) is 0.452. The zero-order valence-corrected chi connectivity index (χ0v) is 33.7. The van der Waals surface area contributed by atoms with E-state index in [2.05, 4.69) is 37.1 Å². The third kappa shape index (κ3) is 9.74. The van der Waals surface area contributed by atoms with Crippen LogP contribution in [0, 0.1) is 18.8 Å². The Labute approximate surface area is 334 Å². The van der Waals surface area contributed by atoms with E-state index in [1.807, 2.05) is 25.1 Å². The number of aryl methyl sites for hydroxylation is 2. The molecule has 4 heterocycles. The Balaban J connectivity index is 1.04. The van der Waals surface area contributed by atoms with Gasteiger partial charge in [0.25, 0.3) is 21.5 Å². The van der Waals surface area contributed by atoms with Crippen molar-refractivity contribution in [2.24, 2.45) is 18.9 Å². The van der Waals surface area contributed by atoms with Gasteiger partial charge in [-0.05, 0) is 117 Å². The highest BCUT2D eigenvalue weighted by Crippen LogP contribution is 2.36. The summed E-state index contributed by atoms with van der Waals surface area (Å²) >= 11 is 6.19. The minimum Gasteiger partial charge on any atom is -0.455 e.